The molecule has 4 fully saturated rings. The lowest BCUT2D eigenvalue weighted by atomic mass is 9.53. The second-order valence-electron chi connectivity index (χ2n) is 8.80. The number of thioether (sulfide) groups is 1. The first-order valence-electron chi connectivity index (χ1n) is 10.2. The van der Waals surface area contributed by atoms with Gasteiger partial charge < -0.3 is 14.8 Å². The Morgan fingerprint density at radius 3 is 2.29 bits per heavy atom. The van der Waals surface area contributed by atoms with Gasteiger partial charge in [0.25, 0.3) is 5.91 Å². The molecule has 1 atom stereocenters. The van der Waals surface area contributed by atoms with Gasteiger partial charge in [-0.15, -0.1) is 11.8 Å². The Morgan fingerprint density at radius 2 is 1.75 bits per heavy atom. The number of carbonyl (C=O) groups excluding carboxylic acids is 2. The lowest BCUT2D eigenvalue weighted by molar-refractivity contribution is -0.134. The van der Waals surface area contributed by atoms with E-state index in [1.807, 2.05) is 12.3 Å². The van der Waals surface area contributed by atoms with Gasteiger partial charge in [-0.25, -0.2) is 4.79 Å². The zero-order valence-corrected chi connectivity index (χ0v) is 17.6. The van der Waals surface area contributed by atoms with Crippen molar-refractivity contribution in [1.82, 2.24) is 5.32 Å². The van der Waals surface area contributed by atoms with Gasteiger partial charge in [0.05, 0.1) is 7.11 Å². The standard InChI is InChI=1S/C22H29NO4S/c1-13(27-21(25)18-5-4-17(28-3)9-19(18)26-2)20(24)23-22-10-14-6-15(11-22)8-16(7-14)12-22/h4-5,9,13-16H,6-8,10-12H2,1-3H3,(H,23,24)/t13-,14?,15?,16?,22?/m0/s1. The van der Waals surface area contributed by atoms with E-state index in [0.717, 1.165) is 41.9 Å². The molecule has 5 rings (SSSR count). The van der Waals surface area contributed by atoms with Crippen molar-refractivity contribution >= 4 is 23.6 Å². The molecule has 1 amide bonds. The summed E-state index contributed by atoms with van der Waals surface area (Å²) in [4.78, 5) is 26.4. The van der Waals surface area contributed by atoms with Crippen LogP contribution in [0.5, 0.6) is 5.75 Å². The zero-order chi connectivity index (χ0) is 19.9. The van der Waals surface area contributed by atoms with E-state index in [9.17, 15) is 9.59 Å². The average molecular weight is 404 g/mol. The van der Waals surface area contributed by atoms with Crippen molar-refractivity contribution in [1.29, 1.82) is 0 Å². The van der Waals surface area contributed by atoms with Crippen molar-refractivity contribution in [3.05, 3.63) is 23.8 Å². The number of amides is 1. The molecule has 1 N–H and O–H groups in total. The lowest BCUT2D eigenvalue weighted by Crippen LogP contribution is -2.61. The molecule has 0 saturated heterocycles. The summed E-state index contributed by atoms with van der Waals surface area (Å²) in [5.74, 6) is 2.01. The normalized spacial score (nSPS) is 31.3. The zero-order valence-electron chi connectivity index (χ0n) is 16.8. The van der Waals surface area contributed by atoms with Gasteiger partial charge in [0.15, 0.2) is 6.10 Å². The molecular formula is C22H29NO4S. The summed E-state index contributed by atoms with van der Waals surface area (Å²) >= 11 is 1.57. The average Bonchev–Trinajstić information content (AvgIpc) is 2.65. The predicted octanol–water partition coefficient (Wildman–Crippen LogP) is 4.05. The molecule has 152 valence electrons. The van der Waals surface area contributed by atoms with Crippen molar-refractivity contribution in [3.8, 4) is 5.75 Å². The minimum Gasteiger partial charge on any atom is -0.496 e. The summed E-state index contributed by atoms with van der Waals surface area (Å²) in [6.07, 6.45) is 8.34. The van der Waals surface area contributed by atoms with Gasteiger partial charge in [0.1, 0.15) is 11.3 Å². The highest BCUT2D eigenvalue weighted by molar-refractivity contribution is 7.98. The van der Waals surface area contributed by atoms with Crippen LogP contribution in [0.25, 0.3) is 0 Å². The molecule has 4 aliphatic rings. The Balaban J connectivity index is 1.40. The Morgan fingerprint density at radius 1 is 1.14 bits per heavy atom. The number of benzene rings is 1. The van der Waals surface area contributed by atoms with Crippen molar-refractivity contribution in [2.24, 2.45) is 17.8 Å². The summed E-state index contributed by atoms with van der Waals surface area (Å²) in [6.45, 7) is 1.65. The molecular weight excluding hydrogens is 374 g/mol. The van der Waals surface area contributed by atoms with Gasteiger partial charge in [-0.05, 0) is 87.7 Å². The van der Waals surface area contributed by atoms with E-state index in [-0.39, 0.29) is 11.4 Å². The summed E-state index contributed by atoms with van der Waals surface area (Å²) in [5, 5.41) is 3.28. The summed E-state index contributed by atoms with van der Waals surface area (Å²) < 4.78 is 10.8. The molecule has 5 nitrogen and oxygen atoms in total. The van der Waals surface area contributed by atoms with Crippen LogP contribution in [0.4, 0.5) is 0 Å². The first kappa shape index (κ1) is 19.6. The van der Waals surface area contributed by atoms with Crippen molar-refractivity contribution < 1.29 is 19.1 Å². The van der Waals surface area contributed by atoms with Crippen LogP contribution < -0.4 is 10.1 Å². The van der Waals surface area contributed by atoms with Crippen LogP contribution in [-0.2, 0) is 9.53 Å². The van der Waals surface area contributed by atoms with Crippen LogP contribution in [-0.4, -0.2) is 36.9 Å². The topological polar surface area (TPSA) is 64.6 Å². The number of nitrogens with one attached hydrogen (secondary N) is 1. The fourth-order valence-electron chi connectivity index (χ4n) is 5.87. The monoisotopic (exact) mass is 403 g/mol. The first-order valence-corrected chi connectivity index (χ1v) is 11.4. The SMILES string of the molecule is COc1cc(SC)ccc1C(=O)O[C@@H](C)C(=O)NC12CC3CC(CC(C3)C1)C2. The van der Waals surface area contributed by atoms with E-state index in [4.69, 9.17) is 9.47 Å². The molecule has 0 unspecified atom stereocenters. The van der Waals surface area contributed by atoms with Crippen LogP contribution in [0, 0.1) is 17.8 Å². The van der Waals surface area contributed by atoms with Crippen LogP contribution in [0.1, 0.15) is 55.8 Å². The summed E-state index contributed by atoms with van der Waals surface area (Å²) in [6, 6.07) is 5.35. The van der Waals surface area contributed by atoms with E-state index < -0.39 is 12.1 Å². The number of hydrogen-bond acceptors (Lipinski definition) is 5. The van der Waals surface area contributed by atoms with E-state index in [1.54, 1.807) is 30.8 Å². The van der Waals surface area contributed by atoms with Crippen LogP contribution in [0.2, 0.25) is 0 Å². The van der Waals surface area contributed by atoms with E-state index in [1.165, 1.54) is 26.4 Å². The fourth-order valence-corrected chi connectivity index (χ4v) is 6.30. The summed E-state index contributed by atoms with van der Waals surface area (Å²) in [5.41, 5.74) is 0.263. The molecule has 0 aromatic heterocycles. The smallest absolute Gasteiger partial charge is 0.342 e. The van der Waals surface area contributed by atoms with E-state index >= 15 is 0 Å². The highest BCUT2D eigenvalue weighted by Crippen LogP contribution is 2.55. The maximum Gasteiger partial charge on any atom is 0.342 e. The maximum atomic E-state index is 12.8. The Hall–Kier alpha value is -1.69. The lowest BCUT2D eigenvalue weighted by Gasteiger charge is -2.57. The molecule has 1 aromatic rings. The number of methoxy groups -OCH3 is 1. The number of carbonyl (C=O) groups is 2. The Kier molecular flexibility index (Phi) is 5.34. The second-order valence-corrected chi connectivity index (χ2v) is 9.68. The fraction of sp³-hybridized carbons (Fsp3) is 0.636. The number of hydrogen-bond donors (Lipinski definition) is 1. The van der Waals surface area contributed by atoms with Crippen LogP contribution in [0.15, 0.2) is 23.1 Å². The third-order valence-corrected chi connectivity index (χ3v) is 7.43. The van der Waals surface area contributed by atoms with Crippen molar-refractivity contribution in [2.45, 2.75) is 62.0 Å². The molecule has 0 spiro atoms. The minimum absolute atomic E-state index is 0.0792. The highest BCUT2D eigenvalue weighted by Gasteiger charge is 2.51. The largest absolute Gasteiger partial charge is 0.496 e. The Labute approximate surface area is 170 Å². The molecule has 4 bridgehead atoms. The Bertz CT molecular complexity index is 743. The highest BCUT2D eigenvalue weighted by atomic mass is 32.2. The third kappa shape index (κ3) is 3.76. The van der Waals surface area contributed by atoms with E-state index in [0.29, 0.717) is 11.3 Å². The van der Waals surface area contributed by atoms with Gasteiger partial charge in [-0.2, -0.15) is 0 Å². The molecule has 4 saturated carbocycles. The molecule has 0 radical (unpaired) electrons. The molecule has 6 heteroatoms. The quantitative estimate of drug-likeness (QED) is 0.573. The van der Waals surface area contributed by atoms with E-state index in [2.05, 4.69) is 5.32 Å². The predicted molar refractivity (Wildman–Crippen MR) is 109 cm³/mol. The molecule has 28 heavy (non-hydrogen) atoms. The third-order valence-electron chi connectivity index (χ3n) is 6.71. The maximum absolute atomic E-state index is 12.8. The van der Waals surface area contributed by atoms with Gasteiger partial charge in [0.2, 0.25) is 0 Å². The summed E-state index contributed by atoms with van der Waals surface area (Å²) in [7, 11) is 1.53. The molecule has 0 aliphatic heterocycles. The number of ether oxygens (including phenoxy) is 2. The second kappa shape index (κ2) is 7.62. The van der Waals surface area contributed by atoms with Crippen LogP contribution in [0.3, 0.4) is 0 Å². The first-order chi connectivity index (χ1) is 13.4. The van der Waals surface area contributed by atoms with Crippen molar-refractivity contribution in [3.63, 3.8) is 0 Å². The van der Waals surface area contributed by atoms with Gasteiger partial charge >= 0.3 is 5.97 Å². The minimum atomic E-state index is -0.828. The number of esters is 1. The molecule has 0 heterocycles. The van der Waals surface area contributed by atoms with Crippen LogP contribution >= 0.6 is 11.8 Å². The van der Waals surface area contributed by atoms with Gasteiger partial charge in [-0.3, -0.25) is 4.79 Å². The van der Waals surface area contributed by atoms with Gasteiger partial charge in [0, 0.05) is 10.4 Å². The van der Waals surface area contributed by atoms with Crippen molar-refractivity contribution in [2.75, 3.05) is 13.4 Å². The number of rotatable bonds is 6. The molecule has 1 aromatic carbocycles. The molecule has 4 aliphatic carbocycles. The van der Waals surface area contributed by atoms with Gasteiger partial charge in [-0.1, -0.05) is 0 Å².